The van der Waals surface area contributed by atoms with E-state index in [1.165, 1.54) is 23.9 Å². The van der Waals surface area contributed by atoms with Gasteiger partial charge >= 0.3 is 18.0 Å². The molecule has 2 aliphatic carbocycles. The van der Waals surface area contributed by atoms with E-state index in [-0.39, 0.29) is 48.3 Å². The van der Waals surface area contributed by atoms with Crippen LogP contribution in [0.2, 0.25) is 0 Å². The minimum Gasteiger partial charge on any atom is -0.349 e. The second kappa shape index (κ2) is 11.0. The van der Waals surface area contributed by atoms with E-state index in [0.29, 0.717) is 12.1 Å². The Hall–Kier alpha value is -4.08. The zero-order valence-corrected chi connectivity index (χ0v) is 24.4. The van der Waals surface area contributed by atoms with Crippen molar-refractivity contribution in [3.63, 3.8) is 0 Å². The molecule has 2 aliphatic rings. The highest BCUT2D eigenvalue weighted by Crippen LogP contribution is 2.60. The second-order valence-corrected chi connectivity index (χ2v) is 13.5. The topological polar surface area (TPSA) is 102 Å². The van der Waals surface area contributed by atoms with Crippen LogP contribution in [-0.2, 0) is 38.5 Å². The first kappa shape index (κ1) is 33.3. The molecule has 246 valence electrons. The molecule has 0 bridgehead atoms. The van der Waals surface area contributed by atoms with Crippen LogP contribution in [-0.4, -0.2) is 43.6 Å². The molecule has 1 unspecified atom stereocenters. The fourth-order valence-electron chi connectivity index (χ4n) is 6.81. The molecule has 1 heterocycles. The van der Waals surface area contributed by atoms with E-state index in [2.05, 4.69) is 5.32 Å². The average molecular weight is 677 g/mol. The molecule has 46 heavy (non-hydrogen) atoms. The standard InChI is InChI=1S/C30H24F8N2O5S/c1-40-11-10-17(13-25(40)42)26(43)39-24-14-19(15-41)27(46(44,45)21-6-4-20(31)5-7-21)22-9-3-18(12-16(22)2-8-23(24)27)28(32,29(33,34)35)30(36,37)38/h3-7,9-13,15,19,23-24H,2,8,14H2,1H3,(H,39,43)/t19?,23-,24+,27-/m0/s1. The van der Waals surface area contributed by atoms with Crippen molar-refractivity contribution in [3.05, 3.63) is 99.2 Å². The molecule has 3 aromatic rings. The van der Waals surface area contributed by atoms with Gasteiger partial charge in [0.15, 0.2) is 9.84 Å². The van der Waals surface area contributed by atoms with E-state index in [1.807, 2.05) is 0 Å². The van der Waals surface area contributed by atoms with Gasteiger partial charge in [-0.05, 0) is 60.7 Å². The SMILES string of the molecule is Cn1ccc(C(=O)N[C@@H]2CC(C=O)[C@]3(S(=O)(=O)c4ccc(F)cc4)c4ccc(C(F)(C(F)(F)F)C(F)(F)F)cc4CC[C@@H]23)cc1=O. The van der Waals surface area contributed by atoms with Crippen molar-refractivity contribution in [1.29, 1.82) is 0 Å². The third-order valence-corrected chi connectivity index (χ3v) is 11.5. The number of aromatic nitrogens is 1. The number of benzene rings is 2. The van der Waals surface area contributed by atoms with Gasteiger partial charge in [-0.3, -0.25) is 9.59 Å². The average Bonchev–Trinajstić information content (AvgIpc) is 3.31. The minimum atomic E-state index is -6.43. The molecule has 0 radical (unpaired) electrons. The number of rotatable bonds is 6. The Morgan fingerprint density at radius 2 is 1.61 bits per heavy atom. The lowest BCUT2D eigenvalue weighted by molar-refractivity contribution is -0.348. The molecule has 1 N–H and O–H groups in total. The maximum Gasteiger partial charge on any atom is 0.435 e. The Bertz CT molecular complexity index is 1860. The maximum atomic E-state index is 15.0. The molecule has 1 amide bonds. The summed E-state index contributed by atoms with van der Waals surface area (Å²) in [5.74, 6) is -4.34. The molecule has 0 saturated heterocycles. The van der Waals surface area contributed by atoms with Gasteiger partial charge < -0.3 is 14.7 Å². The van der Waals surface area contributed by atoms with Crippen LogP contribution in [0.1, 0.15) is 39.9 Å². The molecule has 7 nitrogen and oxygen atoms in total. The summed E-state index contributed by atoms with van der Waals surface area (Å²) >= 11 is 0. The van der Waals surface area contributed by atoms with Crippen molar-refractivity contribution in [2.75, 3.05) is 0 Å². The fraction of sp³-hybridized carbons (Fsp3) is 0.367. The number of alkyl halides is 7. The number of sulfone groups is 1. The predicted molar refractivity (Wildman–Crippen MR) is 146 cm³/mol. The molecule has 4 atom stereocenters. The number of halogens is 8. The molecule has 0 aliphatic heterocycles. The van der Waals surface area contributed by atoms with Crippen molar-refractivity contribution in [3.8, 4) is 0 Å². The summed E-state index contributed by atoms with van der Waals surface area (Å²) in [6.45, 7) is 0. The lowest BCUT2D eigenvalue weighted by Gasteiger charge is -2.44. The number of nitrogens with zero attached hydrogens (tertiary/aromatic N) is 1. The van der Waals surface area contributed by atoms with E-state index in [1.54, 1.807) is 0 Å². The Morgan fingerprint density at radius 3 is 2.17 bits per heavy atom. The number of nitrogens with one attached hydrogen (secondary N) is 1. The second-order valence-electron chi connectivity index (χ2n) is 11.3. The lowest BCUT2D eigenvalue weighted by atomic mass is 9.71. The number of pyridine rings is 1. The molecule has 1 aromatic heterocycles. The van der Waals surface area contributed by atoms with Crippen molar-refractivity contribution in [2.24, 2.45) is 18.9 Å². The highest BCUT2D eigenvalue weighted by molar-refractivity contribution is 7.92. The molecular weight excluding hydrogens is 652 g/mol. The van der Waals surface area contributed by atoms with Gasteiger partial charge in [0.25, 0.3) is 11.5 Å². The van der Waals surface area contributed by atoms with Crippen LogP contribution in [0, 0.1) is 17.7 Å². The number of fused-ring (bicyclic) bond motifs is 3. The zero-order chi connectivity index (χ0) is 34.0. The summed E-state index contributed by atoms with van der Waals surface area (Å²) in [4.78, 5) is 37.4. The van der Waals surface area contributed by atoms with Crippen LogP contribution in [0.25, 0.3) is 0 Å². The van der Waals surface area contributed by atoms with E-state index in [0.717, 1.165) is 30.3 Å². The molecule has 0 spiro atoms. The molecule has 16 heteroatoms. The van der Waals surface area contributed by atoms with Crippen LogP contribution in [0.4, 0.5) is 35.1 Å². The van der Waals surface area contributed by atoms with Crippen LogP contribution >= 0.6 is 0 Å². The van der Waals surface area contributed by atoms with Gasteiger partial charge in [-0.1, -0.05) is 18.2 Å². The van der Waals surface area contributed by atoms with Gasteiger partial charge in [-0.15, -0.1) is 0 Å². The molecular formula is C30H24F8N2O5S. The van der Waals surface area contributed by atoms with Crippen molar-refractivity contribution in [1.82, 2.24) is 9.88 Å². The predicted octanol–water partition coefficient (Wildman–Crippen LogP) is 5.06. The first-order chi connectivity index (χ1) is 21.3. The number of aryl methyl sites for hydroxylation is 2. The van der Waals surface area contributed by atoms with Gasteiger partial charge in [-0.2, -0.15) is 26.3 Å². The number of hydrogen-bond acceptors (Lipinski definition) is 5. The van der Waals surface area contributed by atoms with Gasteiger partial charge in [0.2, 0.25) is 0 Å². The Kier molecular flexibility index (Phi) is 7.98. The summed E-state index contributed by atoms with van der Waals surface area (Å²) in [5, 5.41) is 2.64. The maximum absolute atomic E-state index is 15.0. The number of carbonyl (C=O) groups excluding carboxylic acids is 2. The smallest absolute Gasteiger partial charge is 0.349 e. The van der Waals surface area contributed by atoms with Crippen molar-refractivity contribution in [2.45, 2.75) is 53.0 Å². The molecule has 5 rings (SSSR count). The first-order valence-corrected chi connectivity index (χ1v) is 15.2. The molecule has 1 fully saturated rings. The largest absolute Gasteiger partial charge is 0.435 e. The highest BCUT2D eigenvalue weighted by Gasteiger charge is 2.74. The fourth-order valence-corrected chi connectivity index (χ4v) is 9.41. The Morgan fingerprint density at radius 1 is 0.978 bits per heavy atom. The summed E-state index contributed by atoms with van der Waals surface area (Å²) in [7, 11) is -3.41. The Labute approximate surface area is 256 Å². The van der Waals surface area contributed by atoms with Gasteiger partial charge in [0.05, 0.1) is 4.90 Å². The number of hydrogen-bond donors (Lipinski definition) is 1. The number of amides is 1. The Balaban J connectivity index is 1.72. The summed E-state index contributed by atoms with van der Waals surface area (Å²) in [5.41, 5.74) is -8.97. The van der Waals surface area contributed by atoms with Gasteiger partial charge in [0, 0.05) is 48.3 Å². The van der Waals surface area contributed by atoms with Crippen LogP contribution in [0.3, 0.4) is 0 Å². The molecule has 1 saturated carbocycles. The van der Waals surface area contributed by atoms with E-state index < -0.39 is 78.2 Å². The monoisotopic (exact) mass is 676 g/mol. The highest BCUT2D eigenvalue weighted by atomic mass is 32.2. The summed E-state index contributed by atoms with van der Waals surface area (Å²) < 4.78 is 138. The van der Waals surface area contributed by atoms with Gasteiger partial charge in [0.1, 0.15) is 16.9 Å². The molecule has 2 aromatic carbocycles. The third-order valence-electron chi connectivity index (χ3n) is 8.94. The number of aldehydes is 1. The minimum absolute atomic E-state index is 0.0934. The quantitative estimate of drug-likeness (QED) is 0.224. The van der Waals surface area contributed by atoms with Crippen LogP contribution in [0.5, 0.6) is 0 Å². The zero-order valence-electron chi connectivity index (χ0n) is 23.6. The lowest BCUT2D eigenvalue weighted by Crippen LogP contribution is -2.52. The summed E-state index contributed by atoms with van der Waals surface area (Å²) in [6.07, 6.45) is -12.2. The number of carbonyl (C=O) groups is 2. The normalized spacial score (nSPS) is 23.4. The van der Waals surface area contributed by atoms with Crippen LogP contribution in [0.15, 0.2) is 70.5 Å². The van der Waals surface area contributed by atoms with E-state index >= 15 is 4.39 Å². The first-order valence-electron chi connectivity index (χ1n) is 13.7. The van der Waals surface area contributed by atoms with Crippen LogP contribution < -0.4 is 10.9 Å². The van der Waals surface area contributed by atoms with E-state index in [4.69, 9.17) is 0 Å². The van der Waals surface area contributed by atoms with Crippen molar-refractivity contribution >= 4 is 22.0 Å². The summed E-state index contributed by atoms with van der Waals surface area (Å²) in [6, 6.07) is 5.80. The van der Waals surface area contributed by atoms with Gasteiger partial charge in [-0.25, -0.2) is 17.2 Å². The van der Waals surface area contributed by atoms with Crippen molar-refractivity contribution < 1.29 is 53.1 Å². The van der Waals surface area contributed by atoms with E-state index in [9.17, 15) is 53.5 Å². The third kappa shape index (κ3) is 4.83.